The molecular weight excluding hydrogens is 198 g/mol. The van der Waals surface area contributed by atoms with Crippen LogP contribution in [0.15, 0.2) is 6.20 Å². The third-order valence-electron chi connectivity index (χ3n) is 3.46. The molecule has 0 amide bonds. The van der Waals surface area contributed by atoms with Crippen LogP contribution in [0.5, 0.6) is 0 Å². The zero-order valence-electron chi connectivity index (χ0n) is 10.5. The summed E-state index contributed by atoms with van der Waals surface area (Å²) in [6.45, 7) is 6.37. The predicted molar refractivity (Wildman–Crippen MR) is 66.5 cm³/mol. The molecular formula is C13H23N3. The van der Waals surface area contributed by atoms with Crippen molar-refractivity contribution in [3.8, 4) is 0 Å². The molecule has 1 fully saturated rings. The van der Waals surface area contributed by atoms with Crippen LogP contribution >= 0.6 is 0 Å². The fourth-order valence-electron chi connectivity index (χ4n) is 2.45. The van der Waals surface area contributed by atoms with Gasteiger partial charge in [-0.05, 0) is 32.7 Å². The Hall–Kier alpha value is -0.830. The van der Waals surface area contributed by atoms with Crippen LogP contribution in [-0.4, -0.2) is 16.3 Å². The molecule has 2 rings (SSSR count). The van der Waals surface area contributed by atoms with Crippen molar-refractivity contribution in [2.45, 2.75) is 58.5 Å². The van der Waals surface area contributed by atoms with Crippen LogP contribution in [0.4, 0.5) is 0 Å². The van der Waals surface area contributed by atoms with Gasteiger partial charge >= 0.3 is 0 Å². The quantitative estimate of drug-likeness (QED) is 0.775. The summed E-state index contributed by atoms with van der Waals surface area (Å²) >= 11 is 0. The van der Waals surface area contributed by atoms with Crippen molar-refractivity contribution in [1.82, 2.24) is 15.1 Å². The maximum absolute atomic E-state index is 4.65. The number of nitrogens with zero attached hydrogens (tertiary/aromatic N) is 2. The van der Waals surface area contributed by atoms with Gasteiger partial charge < -0.3 is 5.32 Å². The van der Waals surface area contributed by atoms with E-state index in [1.54, 1.807) is 0 Å². The molecule has 0 saturated heterocycles. The summed E-state index contributed by atoms with van der Waals surface area (Å²) in [5, 5.41) is 8.09. The fraction of sp³-hybridized carbons (Fsp3) is 0.769. The van der Waals surface area contributed by atoms with E-state index in [1.165, 1.54) is 43.4 Å². The van der Waals surface area contributed by atoms with Crippen molar-refractivity contribution in [3.63, 3.8) is 0 Å². The Morgan fingerprint density at radius 3 is 2.88 bits per heavy atom. The molecule has 1 aliphatic rings. The Balaban J connectivity index is 1.97. The zero-order chi connectivity index (χ0) is 11.4. The summed E-state index contributed by atoms with van der Waals surface area (Å²) in [7, 11) is 0. The van der Waals surface area contributed by atoms with Gasteiger partial charge in [-0.2, -0.15) is 5.10 Å². The van der Waals surface area contributed by atoms with Crippen LogP contribution in [0, 0.1) is 6.92 Å². The lowest BCUT2D eigenvalue weighted by Gasteiger charge is -2.08. The first-order chi connectivity index (χ1) is 7.81. The Labute approximate surface area is 98.2 Å². The van der Waals surface area contributed by atoms with Crippen LogP contribution in [0.1, 0.15) is 56.3 Å². The van der Waals surface area contributed by atoms with Gasteiger partial charge in [0.1, 0.15) is 0 Å². The number of aromatic nitrogens is 2. The normalized spacial score (nSPS) is 17.1. The van der Waals surface area contributed by atoms with Gasteiger partial charge in [-0.1, -0.05) is 19.8 Å². The highest BCUT2D eigenvalue weighted by Crippen LogP contribution is 2.29. The molecule has 1 heterocycles. The van der Waals surface area contributed by atoms with Crippen LogP contribution < -0.4 is 5.32 Å². The molecule has 0 bridgehead atoms. The number of aryl methyl sites for hydroxylation is 1. The van der Waals surface area contributed by atoms with E-state index in [1.807, 2.05) is 0 Å². The lowest BCUT2D eigenvalue weighted by molar-refractivity contribution is 0.464. The standard InChI is InChI=1S/C13H23N3/c1-3-8-14-9-12-10-16(15-11(12)2)13-6-4-5-7-13/h10,13-14H,3-9H2,1-2H3. The van der Waals surface area contributed by atoms with E-state index in [0.29, 0.717) is 6.04 Å². The first-order valence-corrected chi connectivity index (χ1v) is 6.56. The van der Waals surface area contributed by atoms with Crippen molar-refractivity contribution in [1.29, 1.82) is 0 Å². The van der Waals surface area contributed by atoms with E-state index in [4.69, 9.17) is 0 Å². The number of hydrogen-bond donors (Lipinski definition) is 1. The molecule has 0 aromatic carbocycles. The third-order valence-corrected chi connectivity index (χ3v) is 3.46. The molecule has 1 aliphatic carbocycles. The highest BCUT2D eigenvalue weighted by molar-refractivity contribution is 5.15. The van der Waals surface area contributed by atoms with Crippen molar-refractivity contribution in [2.75, 3.05) is 6.54 Å². The Morgan fingerprint density at radius 1 is 1.44 bits per heavy atom. The molecule has 3 nitrogen and oxygen atoms in total. The molecule has 0 spiro atoms. The topological polar surface area (TPSA) is 29.9 Å². The van der Waals surface area contributed by atoms with E-state index in [2.05, 4.69) is 35.1 Å². The predicted octanol–water partition coefficient (Wildman–Crippen LogP) is 2.81. The van der Waals surface area contributed by atoms with Crippen molar-refractivity contribution >= 4 is 0 Å². The molecule has 1 aromatic rings. The van der Waals surface area contributed by atoms with Crippen LogP contribution in [0.3, 0.4) is 0 Å². The van der Waals surface area contributed by atoms with Crippen molar-refractivity contribution in [2.24, 2.45) is 0 Å². The Morgan fingerprint density at radius 2 is 2.19 bits per heavy atom. The second-order valence-electron chi connectivity index (χ2n) is 4.83. The zero-order valence-corrected chi connectivity index (χ0v) is 10.5. The molecule has 0 unspecified atom stereocenters. The maximum Gasteiger partial charge on any atom is 0.0638 e. The monoisotopic (exact) mass is 221 g/mol. The molecule has 0 atom stereocenters. The van der Waals surface area contributed by atoms with Crippen LogP contribution in [0.25, 0.3) is 0 Å². The first-order valence-electron chi connectivity index (χ1n) is 6.56. The van der Waals surface area contributed by atoms with Gasteiger partial charge in [-0.25, -0.2) is 0 Å². The summed E-state index contributed by atoms with van der Waals surface area (Å²) < 4.78 is 2.20. The van der Waals surface area contributed by atoms with E-state index in [0.717, 1.165) is 13.1 Å². The van der Waals surface area contributed by atoms with E-state index < -0.39 is 0 Å². The summed E-state index contributed by atoms with van der Waals surface area (Å²) in [4.78, 5) is 0. The SMILES string of the molecule is CCCNCc1cn(C2CCCC2)nc1C. The Kier molecular flexibility index (Phi) is 3.99. The second kappa shape index (κ2) is 5.48. The molecule has 3 heteroatoms. The first kappa shape index (κ1) is 11.6. The lowest BCUT2D eigenvalue weighted by Crippen LogP contribution is -2.14. The summed E-state index contributed by atoms with van der Waals surface area (Å²) in [5.41, 5.74) is 2.55. The molecule has 1 N–H and O–H groups in total. The third kappa shape index (κ3) is 2.64. The van der Waals surface area contributed by atoms with Gasteiger partial charge in [0, 0.05) is 18.3 Å². The molecule has 1 aromatic heterocycles. The van der Waals surface area contributed by atoms with Gasteiger partial charge in [0.05, 0.1) is 11.7 Å². The number of rotatable bonds is 5. The van der Waals surface area contributed by atoms with Gasteiger partial charge in [0.25, 0.3) is 0 Å². The van der Waals surface area contributed by atoms with Gasteiger partial charge in [-0.15, -0.1) is 0 Å². The second-order valence-corrected chi connectivity index (χ2v) is 4.83. The lowest BCUT2D eigenvalue weighted by atomic mass is 10.2. The molecule has 0 aliphatic heterocycles. The summed E-state index contributed by atoms with van der Waals surface area (Å²) in [6.07, 6.45) is 8.79. The molecule has 90 valence electrons. The highest BCUT2D eigenvalue weighted by atomic mass is 15.3. The average Bonchev–Trinajstić information content (AvgIpc) is 2.88. The minimum absolute atomic E-state index is 0.665. The summed E-state index contributed by atoms with van der Waals surface area (Å²) in [5.74, 6) is 0. The fourth-order valence-corrected chi connectivity index (χ4v) is 2.45. The van der Waals surface area contributed by atoms with Crippen LogP contribution in [0.2, 0.25) is 0 Å². The number of nitrogens with one attached hydrogen (secondary N) is 1. The largest absolute Gasteiger partial charge is 0.313 e. The van der Waals surface area contributed by atoms with Crippen LogP contribution in [-0.2, 0) is 6.54 Å². The van der Waals surface area contributed by atoms with Gasteiger partial charge in [0.15, 0.2) is 0 Å². The Bertz CT molecular complexity index is 324. The smallest absolute Gasteiger partial charge is 0.0638 e. The summed E-state index contributed by atoms with van der Waals surface area (Å²) in [6, 6.07) is 0.665. The van der Waals surface area contributed by atoms with Crippen molar-refractivity contribution in [3.05, 3.63) is 17.5 Å². The van der Waals surface area contributed by atoms with Crippen molar-refractivity contribution < 1.29 is 0 Å². The maximum atomic E-state index is 4.65. The van der Waals surface area contributed by atoms with E-state index in [9.17, 15) is 0 Å². The molecule has 1 saturated carbocycles. The van der Waals surface area contributed by atoms with E-state index >= 15 is 0 Å². The van der Waals surface area contributed by atoms with Gasteiger partial charge in [-0.3, -0.25) is 4.68 Å². The number of hydrogen-bond acceptors (Lipinski definition) is 2. The molecule has 0 radical (unpaired) electrons. The minimum Gasteiger partial charge on any atom is -0.313 e. The minimum atomic E-state index is 0.665. The average molecular weight is 221 g/mol. The molecule has 16 heavy (non-hydrogen) atoms. The highest BCUT2D eigenvalue weighted by Gasteiger charge is 2.18. The van der Waals surface area contributed by atoms with E-state index in [-0.39, 0.29) is 0 Å². The van der Waals surface area contributed by atoms with Gasteiger partial charge in [0.2, 0.25) is 0 Å².